The maximum atomic E-state index is 12.8. The van der Waals surface area contributed by atoms with Crippen LogP contribution in [0, 0.1) is 5.92 Å². The number of hydrogen-bond donors (Lipinski definition) is 0. The van der Waals surface area contributed by atoms with Gasteiger partial charge in [0.05, 0.1) is 34.9 Å². The number of para-hydroxylation sites is 1. The molecule has 2 fully saturated rings. The van der Waals surface area contributed by atoms with E-state index in [1.165, 1.54) is 0 Å². The van der Waals surface area contributed by atoms with Gasteiger partial charge in [0.1, 0.15) is 5.58 Å². The fourth-order valence-corrected chi connectivity index (χ4v) is 4.48. The van der Waals surface area contributed by atoms with E-state index < -0.39 is 0 Å². The van der Waals surface area contributed by atoms with Gasteiger partial charge in [0.25, 0.3) is 0 Å². The number of morpholine rings is 1. The minimum atomic E-state index is -0.0860. The molecule has 7 heteroatoms. The highest BCUT2D eigenvalue weighted by molar-refractivity contribution is 6.34. The van der Waals surface area contributed by atoms with Gasteiger partial charge in [-0.05, 0) is 30.7 Å². The summed E-state index contributed by atoms with van der Waals surface area (Å²) in [6.07, 6.45) is 0.821. The third kappa shape index (κ3) is 3.26. The number of ether oxygens (including phenoxy) is 1. The summed E-state index contributed by atoms with van der Waals surface area (Å²) in [6.45, 7) is 4.03. The first-order valence-corrected chi connectivity index (χ1v) is 10.3. The van der Waals surface area contributed by atoms with Crippen molar-refractivity contribution in [2.75, 3.05) is 44.3 Å². The van der Waals surface area contributed by atoms with Crippen molar-refractivity contribution in [2.24, 2.45) is 5.92 Å². The number of halogens is 1. The summed E-state index contributed by atoms with van der Waals surface area (Å²) in [6, 6.07) is 10.8. The van der Waals surface area contributed by atoms with Crippen LogP contribution in [0.1, 0.15) is 6.42 Å². The molecule has 2 aliphatic rings. The minimum Gasteiger partial charge on any atom is -0.454 e. The third-order valence-corrected chi connectivity index (χ3v) is 6.16. The molecule has 0 bridgehead atoms. The van der Waals surface area contributed by atoms with E-state index >= 15 is 0 Å². The highest BCUT2D eigenvalue weighted by Gasteiger charge is 2.32. The molecule has 5 rings (SSSR count). The first kappa shape index (κ1) is 18.5. The molecule has 0 N–H and O–H groups in total. The highest BCUT2D eigenvalue weighted by Crippen LogP contribution is 2.30. The second-order valence-electron chi connectivity index (χ2n) is 7.60. The molecule has 1 unspecified atom stereocenters. The summed E-state index contributed by atoms with van der Waals surface area (Å²) in [4.78, 5) is 29.7. The molecule has 1 atom stereocenters. The highest BCUT2D eigenvalue weighted by atomic mass is 35.5. The van der Waals surface area contributed by atoms with Gasteiger partial charge >= 0.3 is 0 Å². The van der Waals surface area contributed by atoms with E-state index in [4.69, 9.17) is 20.8 Å². The molecule has 150 valence electrons. The van der Waals surface area contributed by atoms with Gasteiger partial charge in [0.15, 0.2) is 5.58 Å². The fourth-order valence-electron chi connectivity index (χ4n) is 4.26. The summed E-state index contributed by atoms with van der Waals surface area (Å²) in [5, 5.41) is 1.43. The van der Waals surface area contributed by atoms with E-state index in [1.807, 2.05) is 17.0 Å². The number of carbonyl (C=O) groups is 1. The van der Waals surface area contributed by atoms with Crippen LogP contribution in [0.5, 0.6) is 0 Å². The van der Waals surface area contributed by atoms with Gasteiger partial charge in [-0.25, -0.2) is 0 Å². The monoisotopic (exact) mass is 412 g/mol. The third-order valence-electron chi connectivity index (χ3n) is 5.86. The molecule has 6 nitrogen and oxygen atoms in total. The van der Waals surface area contributed by atoms with Gasteiger partial charge in [-0.2, -0.15) is 0 Å². The number of anilines is 1. The van der Waals surface area contributed by atoms with Crippen molar-refractivity contribution in [2.45, 2.75) is 6.42 Å². The average Bonchev–Trinajstić information content (AvgIpc) is 3.25. The number of nitrogens with zero attached hydrogens (tertiary/aromatic N) is 2. The van der Waals surface area contributed by atoms with Crippen molar-refractivity contribution in [1.82, 2.24) is 4.90 Å². The predicted molar refractivity (Wildman–Crippen MR) is 113 cm³/mol. The van der Waals surface area contributed by atoms with E-state index in [0.717, 1.165) is 18.7 Å². The molecule has 0 saturated carbocycles. The van der Waals surface area contributed by atoms with Crippen LogP contribution in [0.25, 0.3) is 21.9 Å². The largest absolute Gasteiger partial charge is 0.454 e. The zero-order valence-corrected chi connectivity index (χ0v) is 16.7. The van der Waals surface area contributed by atoms with E-state index in [-0.39, 0.29) is 17.3 Å². The number of fused-ring (bicyclic) bond motifs is 2. The quantitative estimate of drug-likeness (QED) is 0.604. The summed E-state index contributed by atoms with van der Waals surface area (Å²) in [5.74, 6) is 0.197. The van der Waals surface area contributed by atoms with Crippen molar-refractivity contribution in [3.8, 4) is 0 Å². The summed E-state index contributed by atoms with van der Waals surface area (Å²) in [5.41, 5.74) is 1.78. The van der Waals surface area contributed by atoms with Gasteiger partial charge < -0.3 is 19.0 Å². The number of rotatable bonds is 2. The Morgan fingerprint density at radius 3 is 2.72 bits per heavy atom. The van der Waals surface area contributed by atoms with E-state index in [0.29, 0.717) is 59.8 Å². The molecular formula is C22H21ClN2O4. The Bertz CT molecular complexity index is 1150. The zero-order chi connectivity index (χ0) is 20.0. The Kier molecular flexibility index (Phi) is 4.68. The lowest BCUT2D eigenvalue weighted by Crippen LogP contribution is -2.44. The van der Waals surface area contributed by atoms with Crippen LogP contribution in [0.2, 0.25) is 5.02 Å². The molecule has 0 radical (unpaired) electrons. The Labute approximate surface area is 172 Å². The lowest BCUT2D eigenvalue weighted by molar-refractivity contribution is -0.138. The van der Waals surface area contributed by atoms with Crippen LogP contribution < -0.4 is 10.3 Å². The average molecular weight is 413 g/mol. The summed E-state index contributed by atoms with van der Waals surface area (Å²) >= 11 is 6.23. The van der Waals surface area contributed by atoms with Crippen LogP contribution in [0.15, 0.2) is 45.6 Å². The van der Waals surface area contributed by atoms with Crippen LogP contribution in [-0.2, 0) is 9.53 Å². The summed E-state index contributed by atoms with van der Waals surface area (Å²) < 4.78 is 11.3. The lowest BCUT2D eigenvalue weighted by atomic mass is 10.1. The Morgan fingerprint density at radius 1 is 1.07 bits per heavy atom. The van der Waals surface area contributed by atoms with Crippen LogP contribution >= 0.6 is 11.6 Å². The maximum absolute atomic E-state index is 12.8. The molecule has 2 saturated heterocycles. The van der Waals surface area contributed by atoms with Gasteiger partial charge in [-0.1, -0.05) is 17.7 Å². The second-order valence-corrected chi connectivity index (χ2v) is 8.00. The molecule has 3 heterocycles. The molecule has 1 aromatic heterocycles. The van der Waals surface area contributed by atoms with Crippen LogP contribution in [0.4, 0.5) is 5.69 Å². The van der Waals surface area contributed by atoms with Crippen molar-refractivity contribution >= 4 is 45.1 Å². The molecule has 3 aromatic rings. The second kappa shape index (κ2) is 7.35. The van der Waals surface area contributed by atoms with Gasteiger partial charge in [-0.3, -0.25) is 9.59 Å². The van der Waals surface area contributed by atoms with Crippen molar-refractivity contribution in [3.63, 3.8) is 0 Å². The molecule has 1 amide bonds. The number of carbonyl (C=O) groups excluding carboxylic acids is 1. The summed E-state index contributed by atoms with van der Waals surface area (Å²) in [7, 11) is 0. The van der Waals surface area contributed by atoms with Crippen molar-refractivity contribution in [3.05, 3.63) is 51.6 Å². The molecule has 2 aromatic carbocycles. The van der Waals surface area contributed by atoms with Gasteiger partial charge in [0.2, 0.25) is 11.3 Å². The maximum Gasteiger partial charge on any atom is 0.227 e. The normalized spacial score (nSPS) is 20.0. The first-order chi connectivity index (χ1) is 14.1. The van der Waals surface area contributed by atoms with Crippen LogP contribution in [-0.4, -0.2) is 50.2 Å². The first-order valence-electron chi connectivity index (χ1n) is 9.88. The van der Waals surface area contributed by atoms with Crippen molar-refractivity contribution in [1.29, 1.82) is 0 Å². The van der Waals surface area contributed by atoms with Gasteiger partial charge in [0, 0.05) is 37.9 Å². The SMILES string of the molecule is O=C(C1CCN(c2ccc3c(=O)c4cccc(Cl)c4oc3c2)C1)N1CCOCC1. The van der Waals surface area contributed by atoms with E-state index in [1.54, 1.807) is 24.3 Å². The van der Waals surface area contributed by atoms with Crippen molar-refractivity contribution < 1.29 is 13.9 Å². The molecule has 0 aliphatic carbocycles. The van der Waals surface area contributed by atoms with Crippen LogP contribution in [0.3, 0.4) is 0 Å². The molecule has 29 heavy (non-hydrogen) atoms. The minimum absolute atomic E-state index is 0.0122. The molecule has 2 aliphatic heterocycles. The Hall–Kier alpha value is -2.57. The Balaban J connectivity index is 1.43. The number of benzene rings is 2. The van der Waals surface area contributed by atoms with Gasteiger partial charge in [-0.15, -0.1) is 0 Å². The standard InChI is InChI=1S/C22H21ClN2O4/c23-18-3-1-2-17-20(26)16-5-4-15(12-19(16)29-21(17)18)25-7-6-14(13-25)22(27)24-8-10-28-11-9-24/h1-5,12,14H,6-11,13H2. The molecular weight excluding hydrogens is 392 g/mol. The smallest absolute Gasteiger partial charge is 0.227 e. The fraction of sp³-hybridized carbons (Fsp3) is 0.364. The van der Waals surface area contributed by atoms with E-state index in [9.17, 15) is 9.59 Å². The Morgan fingerprint density at radius 2 is 1.90 bits per heavy atom. The topological polar surface area (TPSA) is 63.0 Å². The number of hydrogen-bond acceptors (Lipinski definition) is 5. The lowest BCUT2D eigenvalue weighted by Gasteiger charge is -2.29. The number of amides is 1. The molecule has 0 spiro atoms. The predicted octanol–water partition coefficient (Wildman–Crippen LogP) is 3.28. The zero-order valence-electron chi connectivity index (χ0n) is 15.9. The van der Waals surface area contributed by atoms with E-state index in [2.05, 4.69) is 4.90 Å².